The summed E-state index contributed by atoms with van der Waals surface area (Å²) in [6.07, 6.45) is 78.8. The lowest BCUT2D eigenvalue weighted by atomic mass is 10.1. The van der Waals surface area contributed by atoms with Crippen molar-refractivity contribution in [3.05, 3.63) is 134 Å². The third-order valence-electron chi connectivity index (χ3n) is 11.2. The molecule has 0 fully saturated rings. The molecule has 0 N–H and O–H groups in total. The van der Waals surface area contributed by atoms with E-state index < -0.39 is 12.1 Å². The first-order chi connectivity index (χ1) is 34.0. The van der Waals surface area contributed by atoms with E-state index >= 15 is 0 Å². The van der Waals surface area contributed by atoms with Gasteiger partial charge in [-0.2, -0.15) is 0 Å². The van der Waals surface area contributed by atoms with Crippen molar-refractivity contribution < 1.29 is 28.6 Å². The van der Waals surface area contributed by atoms with Crippen LogP contribution in [0, 0.1) is 0 Å². The van der Waals surface area contributed by atoms with Crippen molar-refractivity contribution in [2.45, 2.75) is 232 Å². The molecule has 6 heteroatoms. The zero-order valence-corrected chi connectivity index (χ0v) is 44.3. The number of esters is 3. The van der Waals surface area contributed by atoms with Gasteiger partial charge in [0.25, 0.3) is 0 Å². The van der Waals surface area contributed by atoms with Crippen LogP contribution in [-0.4, -0.2) is 37.2 Å². The molecule has 69 heavy (non-hydrogen) atoms. The molecule has 0 bridgehead atoms. The zero-order chi connectivity index (χ0) is 50.0. The van der Waals surface area contributed by atoms with Gasteiger partial charge in [-0.05, 0) is 116 Å². The predicted molar refractivity (Wildman–Crippen MR) is 297 cm³/mol. The van der Waals surface area contributed by atoms with Crippen LogP contribution in [-0.2, 0) is 28.6 Å². The number of hydrogen-bond donors (Lipinski definition) is 0. The Bertz CT molecular complexity index is 1510. The number of unbranched alkanes of at least 4 members (excludes halogenated alkanes) is 16. The molecule has 0 aromatic rings. The first-order valence-electron chi connectivity index (χ1n) is 27.7. The van der Waals surface area contributed by atoms with Crippen LogP contribution < -0.4 is 0 Å². The highest BCUT2D eigenvalue weighted by Gasteiger charge is 2.19. The first-order valence-corrected chi connectivity index (χ1v) is 27.7. The number of ether oxygens (including phenoxy) is 3. The lowest BCUT2D eigenvalue weighted by Gasteiger charge is -2.18. The van der Waals surface area contributed by atoms with Gasteiger partial charge in [0.2, 0.25) is 0 Å². The molecule has 0 aromatic heterocycles. The van der Waals surface area contributed by atoms with E-state index in [1.807, 2.05) is 12.2 Å². The third-order valence-corrected chi connectivity index (χ3v) is 11.2. The smallest absolute Gasteiger partial charge is 0.306 e. The summed E-state index contributed by atoms with van der Waals surface area (Å²) in [6.45, 7) is 6.28. The van der Waals surface area contributed by atoms with Gasteiger partial charge in [-0.1, -0.05) is 225 Å². The summed E-state index contributed by atoms with van der Waals surface area (Å²) >= 11 is 0. The minimum absolute atomic E-state index is 0.124. The van der Waals surface area contributed by atoms with Crippen molar-refractivity contribution >= 4 is 17.9 Å². The van der Waals surface area contributed by atoms with Crippen LogP contribution in [0.3, 0.4) is 0 Å². The topological polar surface area (TPSA) is 78.9 Å². The summed E-state index contributed by atoms with van der Waals surface area (Å²) in [5.41, 5.74) is 0. The number of carbonyl (C=O) groups excluding carboxylic acids is 3. The molecule has 0 aliphatic carbocycles. The van der Waals surface area contributed by atoms with Gasteiger partial charge in [0.1, 0.15) is 13.2 Å². The highest BCUT2D eigenvalue weighted by Crippen LogP contribution is 2.14. The largest absolute Gasteiger partial charge is 0.462 e. The average Bonchev–Trinajstić information content (AvgIpc) is 3.35. The van der Waals surface area contributed by atoms with E-state index in [4.69, 9.17) is 14.2 Å². The van der Waals surface area contributed by atoms with Crippen molar-refractivity contribution in [1.82, 2.24) is 0 Å². The molecule has 0 amide bonds. The van der Waals surface area contributed by atoms with E-state index in [9.17, 15) is 14.4 Å². The molecule has 1 atom stereocenters. The molecule has 0 radical (unpaired) electrons. The number of rotatable bonds is 48. The highest BCUT2D eigenvalue weighted by molar-refractivity contribution is 5.71. The van der Waals surface area contributed by atoms with Crippen LogP contribution >= 0.6 is 0 Å². The lowest BCUT2D eigenvalue weighted by molar-refractivity contribution is -0.166. The molecule has 6 nitrogen and oxygen atoms in total. The van der Waals surface area contributed by atoms with Crippen LogP contribution in [0.2, 0.25) is 0 Å². The van der Waals surface area contributed by atoms with Gasteiger partial charge in [-0.3, -0.25) is 14.4 Å². The third kappa shape index (κ3) is 54.4. The number of hydrogen-bond acceptors (Lipinski definition) is 6. The van der Waals surface area contributed by atoms with E-state index in [1.165, 1.54) is 77.0 Å². The van der Waals surface area contributed by atoms with Crippen molar-refractivity contribution in [1.29, 1.82) is 0 Å². The minimum atomic E-state index is -0.837. The van der Waals surface area contributed by atoms with Crippen molar-refractivity contribution in [3.8, 4) is 0 Å². The first kappa shape index (κ1) is 64.5. The Hall–Kier alpha value is -4.45. The van der Waals surface area contributed by atoms with E-state index in [1.54, 1.807) is 0 Å². The Kier molecular flexibility index (Phi) is 52.5. The summed E-state index contributed by atoms with van der Waals surface area (Å²) < 4.78 is 16.7. The molecular formula is C63H100O6. The lowest BCUT2D eigenvalue weighted by Crippen LogP contribution is -2.30. The second-order valence-electron chi connectivity index (χ2n) is 17.8. The molecule has 0 rings (SSSR count). The second-order valence-corrected chi connectivity index (χ2v) is 17.8. The Balaban J connectivity index is 4.55. The van der Waals surface area contributed by atoms with E-state index in [0.717, 1.165) is 103 Å². The Labute approximate surface area is 424 Å². The molecule has 0 aliphatic heterocycles. The standard InChI is InChI=1S/C63H100O6/c1-4-7-10-13-16-19-22-25-28-31-32-33-36-38-41-44-47-50-53-56-62(65)68-59-60(69-63(66)57-54-51-48-45-42-39-35-30-27-24-21-18-15-12-9-6-3)58-67-61(64)55-52-49-46-43-40-37-34-29-26-23-20-17-14-11-8-5-2/h8-9,11-12,16-22,25-27,29-30,37,39-40,42,48,51,60H,4-7,10,13-15,23-24,28,31-36,38,41,43-47,49-50,52-59H2,1-3H3/b11-8-,12-9-,19-16-,20-17-,21-18-,25-22-,29-26-,30-27-,40-37-,42-39-,51-48-. The van der Waals surface area contributed by atoms with E-state index in [-0.39, 0.29) is 31.6 Å². The fourth-order valence-electron chi connectivity index (χ4n) is 7.06. The summed E-state index contributed by atoms with van der Waals surface area (Å²) in [6, 6.07) is 0. The molecule has 0 saturated carbocycles. The maximum absolute atomic E-state index is 12.8. The zero-order valence-electron chi connectivity index (χ0n) is 44.3. The molecule has 388 valence electrons. The van der Waals surface area contributed by atoms with Crippen LogP contribution in [0.25, 0.3) is 0 Å². The van der Waals surface area contributed by atoms with Gasteiger partial charge in [-0.15, -0.1) is 0 Å². The summed E-state index contributed by atoms with van der Waals surface area (Å²) in [5.74, 6) is -1.05. The SMILES string of the molecule is CC/C=C\C/C=C\C/C=C\C/C=C\C/C=C\CCC(=O)OC(COC(=O)CCCCC/C=C\C/C=C\C/C=C\C/C=C\CC)COC(=O)CCCCCCCCCCCC/C=C\C=C/CCCCC. The Morgan fingerprint density at radius 1 is 0.319 bits per heavy atom. The van der Waals surface area contributed by atoms with Crippen molar-refractivity contribution in [2.75, 3.05) is 13.2 Å². The minimum Gasteiger partial charge on any atom is -0.462 e. The molecule has 0 aromatic carbocycles. The highest BCUT2D eigenvalue weighted by atomic mass is 16.6. The van der Waals surface area contributed by atoms with Crippen LogP contribution in [0.5, 0.6) is 0 Å². The van der Waals surface area contributed by atoms with Crippen LogP contribution in [0.4, 0.5) is 0 Å². The van der Waals surface area contributed by atoms with Gasteiger partial charge in [-0.25, -0.2) is 0 Å². The molecule has 0 spiro atoms. The quantitative estimate of drug-likeness (QED) is 0.0199. The maximum atomic E-state index is 12.8. The molecule has 1 unspecified atom stereocenters. The van der Waals surface area contributed by atoms with Gasteiger partial charge < -0.3 is 14.2 Å². The summed E-state index contributed by atoms with van der Waals surface area (Å²) in [4.78, 5) is 38.1. The average molecular weight is 953 g/mol. The number of carbonyl (C=O) groups is 3. The molecular weight excluding hydrogens is 853 g/mol. The van der Waals surface area contributed by atoms with Crippen molar-refractivity contribution in [2.24, 2.45) is 0 Å². The molecule has 0 aliphatic rings. The van der Waals surface area contributed by atoms with E-state index in [2.05, 4.69) is 142 Å². The molecule has 0 saturated heterocycles. The van der Waals surface area contributed by atoms with Gasteiger partial charge in [0.05, 0.1) is 0 Å². The normalized spacial score (nSPS) is 13.1. The van der Waals surface area contributed by atoms with Crippen molar-refractivity contribution in [3.63, 3.8) is 0 Å². The van der Waals surface area contributed by atoms with Gasteiger partial charge in [0.15, 0.2) is 6.10 Å². The van der Waals surface area contributed by atoms with Crippen LogP contribution in [0.1, 0.15) is 226 Å². The summed E-state index contributed by atoms with van der Waals surface area (Å²) in [5, 5.41) is 0. The maximum Gasteiger partial charge on any atom is 0.306 e. The fourth-order valence-corrected chi connectivity index (χ4v) is 7.06. The number of allylic oxidation sites excluding steroid dienone is 22. The van der Waals surface area contributed by atoms with Crippen LogP contribution in [0.15, 0.2) is 134 Å². The molecule has 0 heterocycles. The Morgan fingerprint density at radius 2 is 0.638 bits per heavy atom. The second kappa shape index (κ2) is 56.1. The van der Waals surface area contributed by atoms with Gasteiger partial charge >= 0.3 is 17.9 Å². The van der Waals surface area contributed by atoms with Gasteiger partial charge in [0, 0.05) is 19.3 Å². The Morgan fingerprint density at radius 3 is 1.04 bits per heavy atom. The monoisotopic (exact) mass is 953 g/mol. The predicted octanol–water partition coefficient (Wildman–Crippen LogP) is 18.6. The summed E-state index contributed by atoms with van der Waals surface area (Å²) in [7, 11) is 0. The fraction of sp³-hybridized carbons (Fsp3) is 0.603. The van der Waals surface area contributed by atoms with E-state index in [0.29, 0.717) is 19.3 Å².